The van der Waals surface area contributed by atoms with Gasteiger partial charge in [-0.05, 0) is 98.7 Å². The van der Waals surface area contributed by atoms with Crippen LogP contribution in [0.3, 0.4) is 0 Å². The molecule has 61 heavy (non-hydrogen) atoms. The van der Waals surface area contributed by atoms with Crippen LogP contribution in [0.4, 0.5) is 0 Å². The number of nitrogens with zero attached hydrogens (tertiary/aromatic N) is 4. The summed E-state index contributed by atoms with van der Waals surface area (Å²) in [4.78, 5) is 13.1. The first-order chi connectivity index (χ1) is 30.2. The highest BCUT2D eigenvalue weighted by molar-refractivity contribution is 7.99. The monoisotopic (exact) mass is 792 g/mol. The number of rotatable bonds is 3. The average Bonchev–Trinajstić information content (AvgIpc) is 3.84. The van der Waals surface area contributed by atoms with Crippen molar-refractivity contribution in [3.8, 4) is 34.0 Å². The molecule has 4 heterocycles. The molecule has 0 saturated heterocycles. The van der Waals surface area contributed by atoms with E-state index < -0.39 is 0 Å². The quantitative estimate of drug-likeness (QED) is 0.167. The lowest BCUT2D eigenvalue weighted by Crippen LogP contribution is -2.05. The molecule has 3 aromatic heterocycles. The zero-order valence-electron chi connectivity index (χ0n) is 32.7. The second-order valence-electron chi connectivity index (χ2n) is 16.1. The molecular formula is C56H32N4S. The Morgan fingerprint density at radius 3 is 1.87 bits per heavy atom. The highest BCUT2D eigenvalue weighted by atomic mass is 32.2. The number of aromatic nitrogens is 4. The van der Waals surface area contributed by atoms with Crippen LogP contribution in [0.5, 0.6) is 0 Å². The maximum absolute atomic E-state index is 5.38. The van der Waals surface area contributed by atoms with Gasteiger partial charge < -0.3 is 4.57 Å². The molecule has 4 nitrogen and oxygen atoms in total. The van der Waals surface area contributed by atoms with Gasteiger partial charge in [-0.3, -0.25) is 4.57 Å². The SMILES string of the molecule is c1ccc2c(c1)Sc1cccc3nc(-n4c5ccccc5c5cc(-c6ccc7c(c6)c6c8ccccc8ccc6n7-c6cc7ccccc7c7ccccc67)ccc54)nc-2c13. The third-order valence-electron chi connectivity index (χ3n) is 12.9. The van der Waals surface area contributed by atoms with E-state index in [0.717, 1.165) is 33.2 Å². The molecule has 0 N–H and O–H groups in total. The van der Waals surface area contributed by atoms with Crippen molar-refractivity contribution in [2.45, 2.75) is 9.79 Å². The zero-order valence-corrected chi connectivity index (χ0v) is 33.5. The summed E-state index contributed by atoms with van der Waals surface area (Å²) in [6.45, 7) is 0. The molecule has 1 aliphatic rings. The molecule has 0 bridgehead atoms. The molecule has 0 saturated carbocycles. The lowest BCUT2D eigenvalue weighted by atomic mass is 9.99. The molecule has 0 aliphatic carbocycles. The van der Waals surface area contributed by atoms with Gasteiger partial charge in [-0.25, -0.2) is 9.97 Å². The zero-order chi connectivity index (χ0) is 39.8. The standard InChI is InChI=1S/C56H32N4S/c1-4-15-38-33(12-1)24-29-49-53(38)44-31-35(26-28-48(44)59(49)50-32-36-13-2-3-14-37(36)39-16-5-6-17-40(39)50)34-25-27-47-43(30-34)41-18-7-9-21-46(41)60(47)56-57-45-20-11-23-52-54(45)55(58-56)42-19-8-10-22-51(42)61-52/h1-32H. The van der Waals surface area contributed by atoms with Crippen molar-refractivity contribution in [2.24, 2.45) is 0 Å². The van der Waals surface area contributed by atoms with E-state index in [0.29, 0.717) is 5.95 Å². The Balaban J connectivity index is 1.00. The number of fused-ring (bicyclic) bond motifs is 13. The summed E-state index contributed by atoms with van der Waals surface area (Å²) < 4.78 is 4.74. The first-order valence-electron chi connectivity index (χ1n) is 20.7. The van der Waals surface area contributed by atoms with Crippen molar-refractivity contribution in [3.63, 3.8) is 0 Å². The van der Waals surface area contributed by atoms with Crippen LogP contribution in [0, 0.1) is 0 Å². The highest BCUT2D eigenvalue weighted by Gasteiger charge is 2.24. The summed E-state index contributed by atoms with van der Waals surface area (Å²) in [6, 6.07) is 70.9. The summed E-state index contributed by atoms with van der Waals surface area (Å²) in [6.07, 6.45) is 0. The smallest absolute Gasteiger partial charge is 0.235 e. The molecular weight excluding hydrogens is 761 g/mol. The molecule has 1 aliphatic heterocycles. The third kappa shape index (κ3) is 4.67. The van der Waals surface area contributed by atoms with Gasteiger partial charge in [0.2, 0.25) is 5.95 Å². The second kappa shape index (κ2) is 12.4. The summed E-state index contributed by atoms with van der Waals surface area (Å²) in [5.74, 6) is 0.683. The Hall–Kier alpha value is -7.73. The highest BCUT2D eigenvalue weighted by Crippen LogP contribution is 2.48. The van der Waals surface area contributed by atoms with Gasteiger partial charge >= 0.3 is 0 Å². The summed E-state index contributed by atoms with van der Waals surface area (Å²) in [5, 5.41) is 13.5. The molecule has 0 fully saturated rings. The predicted octanol–water partition coefficient (Wildman–Crippen LogP) is 15.1. The van der Waals surface area contributed by atoms with Gasteiger partial charge in [0.1, 0.15) is 0 Å². The van der Waals surface area contributed by atoms with Gasteiger partial charge in [0.05, 0.1) is 39.0 Å². The fourth-order valence-corrected chi connectivity index (χ4v) is 11.3. The normalized spacial score (nSPS) is 12.5. The maximum atomic E-state index is 5.38. The summed E-state index contributed by atoms with van der Waals surface area (Å²) in [5.41, 5.74) is 11.2. The third-order valence-corrected chi connectivity index (χ3v) is 14.0. The van der Waals surface area contributed by atoms with Crippen molar-refractivity contribution in [1.82, 2.24) is 19.1 Å². The fourth-order valence-electron chi connectivity index (χ4n) is 10.2. The largest absolute Gasteiger partial charge is 0.309 e. The molecule has 10 aromatic carbocycles. The van der Waals surface area contributed by atoms with Crippen LogP contribution in [-0.4, -0.2) is 19.1 Å². The number of benzene rings is 10. The van der Waals surface area contributed by atoms with Crippen LogP contribution in [0.1, 0.15) is 0 Å². The first kappa shape index (κ1) is 33.1. The number of hydrogen-bond acceptors (Lipinski definition) is 3. The Bertz CT molecular complexity index is 4040. The number of hydrogen-bond donors (Lipinski definition) is 0. The van der Waals surface area contributed by atoms with Gasteiger partial charge in [0, 0.05) is 47.7 Å². The van der Waals surface area contributed by atoms with Gasteiger partial charge in [0.25, 0.3) is 0 Å². The van der Waals surface area contributed by atoms with E-state index in [4.69, 9.17) is 9.97 Å². The number of para-hydroxylation sites is 1. The topological polar surface area (TPSA) is 35.6 Å². The van der Waals surface area contributed by atoms with Crippen LogP contribution in [-0.2, 0) is 0 Å². The van der Waals surface area contributed by atoms with Crippen LogP contribution in [0.2, 0.25) is 0 Å². The van der Waals surface area contributed by atoms with Crippen molar-refractivity contribution in [2.75, 3.05) is 0 Å². The van der Waals surface area contributed by atoms with E-state index in [-0.39, 0.29) is 0 Å². The lowest BCUT2D eigenvalue weighted by molar-refractivity contribution is 1.01. The van der Waals surface area contributed by atoms with Crippen LogP contribution < -0.4 is 0 Å². The van der Waals surface area contributed by atoms with Gasteiger partial charge in [-0.1, -0.05) is 145 Å². The first-order valence-corrected chi connectivity index (χ1v) is 21.6. The van der Waals surface area contributed by atoms with Crippen molar-refractivity contribution in [3.05, 3.63) is 194 Å². The maximum Gasteiger partial charge on any atom is 0.235 e. The second-order valence-corrected chi connectivity index (χ2v) is 17.2. The molecule has 0 unspecified atom stereocenters. The van der Waals surface area contributed by atoms with Crippen LogP contribution in [0.25, 0.3) is 121 Å². The molecule has 0 amide bonds. The molecule has 0 spiro atoms. The summed E-state index contributed by atoms with van der Waals surface area (Å²) >= 11 is 1.80. The molecule has 0 atom stereocenters. The van der Waals surface area contributed by atoms with Gasteiger partial charge in [0.15, 0.2) is 0 Å². The minimum absolute atomic E-state index is 0.683. The predicted molar refractivity (Wildman–Crippen MR) is 256 cm³/mol. The average molecular weight is 793 g/mol. The van der Waals surface area contributed by atoms with Crippen LogP contribution in [0.15, 0.2) is 204 Å². The Morgan fingerprint density at radius 2 is 1.00 bits per heavy atom. The van der Waals surface area contributed by atoms with E-state index in [1.807, 2.05) is 0 Å². The fraction of sp³-hybridized carbons (Fsp3) is 0. The van der Waals surface area contributed by atoms with Gasteiger partial charge in [-0.2, -0.15) is 0 Å². The van der Waals surface area contributed by atoms with Crippen molar-refractivity contribution >= 4 is 98.6 Å². The Labute approximate surface area is 354 Å². The van der Waals surface area contributed by atoms with E-state index in [2.05, 4.69) is 203 Å². The van der Waals surface area contributed by atoms with Crippen molar-refractivity contribution in [1.29, 1.82) is 0 Å². The summed E-state index contributed by atoms with van der Waals surface area (Å²) in [7, 11) is 0. The van der Waals surface area contributed by atoms with Crippen molar-refractivity contribution < 1.29 is 0 Å². The van der Waals surface area contributed by atoms with E-state index in [9.17, 15) is 0 Å². The Kier molecular flexibility index (Phi) is 6.74. The molecule has 5 heteroatoms. The van der Waals surface area contributed by atoms with E-state index in [1.165, 1.54) is 91.5 Å². The molecule has 282 valence electrons. The van der Waals surface area contributed by atoms with Crippen LogP contribution >= 0.6 is 11.8 Å². The Morgan fingerprint density at radius 1 is 0.361 bits per heavy atom. The van der Waals surface area contributed by atoms with Gasteiger partial charge in [-0.15, -0.1) is 0 Å². The minimum Gasteiger partial charge on any atom is -0.309 e. The van der Waals surface area contributed by atoms with E-state index in [1.54, 1.807) is 11.8 Å². The lowest BCUT2D eigenvalue weighted by Gasteiger charge is -2.20. The molecule has 13 aromatic rings. The molecule has 14 rings (SSSR count). The molecule has 0 radical (unpaired) electrons. The minimum atomic E-state index is 0.683. The van der Waals surface area contributed by atoms with E-state index >= 15 is 0 Å².